The lowest BCUT2D eigenvalue weighted by Crippen LogP contribution is -2.15. The van der Waals surface area contributed by atoms with Gasteiger partial charge in [0.1, 0.15) is 0 Å². The molecule has 0 saturated carbocycles. The first kappa shape index (κ1) is 22.2. The summed E-state index contributed by atoms with van der Waals surface area (Å²) in [7, 11) is -3.34. The second-order valence-corrected chi connectivity index (χ2v) is 11.0. The van der Waals surface area contributed by atoms with Crippen molar-refractivity contribution in [2.24, 2.45) is 0 Å². The lowest BCUT2D eigenvalue weighted by Gasteiger charge is -2.14. The van der Waals surface area contributed by atoms with Crippen LogP contribution in [0.3, 0.4) is 0 Å². The number of nitrogens with zero attached hydrogens (tertiary/aromatic N) is 3. The molecule has 3 aromatic rings. The molecule has 3 rings (SSSR count). The third-order valence-electron chi connectivity index (χ3n) is 3.69. The molecular weight excluding hydrogens is 446 g/mol. The van der Waals surface area contributed by atoms with Gasteiger partial charge in [0.25, 0.3) is 5.22 Å². The van der Waals surface area contributed by atoms with E-state index in [-0.39, 0.29) is 28.2 Å². The molecule has 0 atom stereocenters. The van der Waals surface area contributed by atoms with Crippen LogP contribution in [0.1, 0.15) is 26.5 Å². The zero-order valence-corrected chi connectivity index (χ0v) is 19.2. The first-order valence-corrected chi connectivity index (χ1v) is 12.6. The van der Waals surface area contributed by atoms with Gasteiger partial charge in [-0.2, -0.15) is 0 Å². The molecule has 0 saturated heterocycles. The van der Waals surface area contributed by atoms with Crippen molar-refractivity contribution in [2.75, 3.05) is 22.0 Å². The van der Waals surface area contributed by atoms with E-state index in [0.29, 0.717) is 16.4 Å². The number of aromatic nitrogens is 3. The predicted octanol–water partition coefficient (Wildman–Crippen LogP) is 3.59. The highest BCUT2D eigenvalue weighted by molar-refractivity contribution is 7.99. The Labute approximate surface area is 182 Å². The molecule has 160 valence electrons. The Balaban J connectivity index is 1.55. The Morgan fingerprint density at radius 2 is 1.90 bits per heavy atom. The zero-order chi connectivity index (χ0) is 21.9. The molecular formula is C18H21N5O4S3. The van der Waals surface area contributed by atoms with Gasteiger partial charge in [-0.05, 0) is 24.3 Å². The maximum atomic E-state index is 12.2. The van der Waals surface area contributed by atoms with Crippen LogP contribution >= 0.6 is 23.1 Å². The van der Waals surface area contributed by atoms with E-state index >= 15 is 0 Å². The minimum Gasteiger partial charge on any atom is -0.411 e. The lowest BCUT2D eigenvalue weighted by molar-refractivity contribution is -0.113. The summed E-state index contributed by atoms with van der Waals surface area (Å²) in [5, 5.41) is 13.4. The summed E-state index contributed by atoms with van der Waals surface area (Å²) in [5.41, 5.74) is 1.92. The van der Waals surface area contributed by atoms with Gasteiger partial charge in [-0.25, -0.2) is 13.4 Å². The summed E-state index contributed by atoms with van der Waals surface area (Å²) >= 11 is 2.51. The molecule has 1 aromatic carbocycles. The summed E-state index contributed by atoms with van der Waals surface area (Å²) in [6.45, 7) is 6.19. The highest BCUT2D eigenvalue weighted by Crippen LogP contribution is 2.27. The van der Waals surface area contributed by atoms with Gasteiger partial charge >= 0.3 is 0 Å². The molecule has 0 aliphatic heterocycles. The molecule has 30 heavy (non-hydrogen) atoms. The molecule has 0 aliphatic rings. The summed E-state index contributed by atoms with van der Waals surface area (Å²) in [6, 6.07) is 6.52. The van der Waals surface area contributed by atoms with E-state index in [9.17, 15) is 13.2 Å². The number of hydrogen-bond acceptors (Lipinski definition) is 9. The molecule has 0 radical (unpaired) electrons. The number of amides is 1. The quantitative estimate of drug-likeness (QED) is 0.505. The molecule has 0 spiro atoms. The van der Waals surface area contributed by atoms with Crippen molar-refractivity contribution in [1.82, 2.24) is 15.2 Å². The largest absolute Gasteiger partial charge is 0.411 e. The molecule has 0 aliphatic carbocycles. The maximum absolute atomic E-state index is 12.2. The van der Waals surface area contributed by atoms with E-state index in [4.69, 9.17) is 4.42 Å². The van der Waals surface area contributed by atoms with Gasteiger partial charge in [0, 0.05) is 22.0 Å². The Morgan fingerprint density at radius 1 is 1.20 bits per heavy atom. The average Bonchev–Trinajstić information content (AvgIpc) is 3.28. The molecule has 9 nitrogen and oxygen atoms in total. The Bertz CT molecular complexity index is 1130. The standard InChI is InChI=1S/C18H21N5O4S3/c1-18(2,3)13-9-28-16(19-13)20-14(24)10-29-17-22-21-15(27-17)11-5-7-12(8-6-11)23-30(4,25)26/h5-9,23H,10H2,1-4H3,(H,19,20,24). The van der Waals surface area contributed by atoms with Crippen LogP contribution in [-0.4, -0.2) is 41.5 Å². The first-order chi connectivity index (χ1) is 14.0. The van der Waals surface area contributed by atoms with Crippen molar-refractivity contribution in [3.63, 3.8) is 0 Å². The smallest absolute Gasteiger partial charge is 0.277 e. The van der Waals surface area contributed by atoms with Crippen molar-refractivity contribution >= 4 is 49.8 Å². The number of carbonyl (C=O) groups excluding carboxylic acids is 1. The number of rotatable bonds is 7. The van der Waals surface area contributed by atoms with Crippen molar-refractivity contribution in [1.29, 1.82) is 0 Å². The van der Waals surface area contributed by atoms with Crippen molar-refractivity contribution < 1.29 is 17.6 Å². The minimum atomic E-state index is -3.34. The Kier molecular flexibility index (Phi) is 6.48. The number of nitrogens with one attached hydrogen (secondary N) is 2. The van der Waals surface area contributed by atoms with Gasteiger partial charge in [0.15, 0.2) is 5.13 Å². The van der Waals surface area contributed by atoms with Gasteiger partial charge < -0.3 is 9.73 Å². The van der Waals surface area contributed by atoms with E-state index < -0.39 is 10.0 Å². The predicted molar refractivity (Wildman–Crippen MR) is 118 cm³/mol. The van der Waals surface area contributed by atoms with Gasteiger partial charge in [-0.1, -0.05) is 32.5 Å². The third kappa shape index (κ3) is 6.28. The van der Waals surface area contributed by atoms with Gasteiger partial charge in [-0.3, -0.25) is 9.52 Å². The van der Waals surface area contributed by atoms with Crippen LogP contribution in [0, 0.1) is 0 Å². The normalized spacial score (nSPS) is 12.0. The number of carbonyl (C=O) groups is 1. The fourth-order valence-electron chi connectivity index (χ4n) is 2.24. The molecule has 12 heteroatoms. The van der Waals surface area contributed by atoms with E-state index in [1.165, 1.54) is 11.3 Å². The monoisotopic (exact) mass is 467 g/mol. The number of benzene rings is 1. The third-order valence-corrected chi connectivity index (χ3v) is 5.87. The van der Waals surface area contributed by atoms with E-state index in [1.54, 1.807) is 24.3 Å². The molecule has 1 amide bonds. The van der Waals surface area contributed by atoms with Gasteiger partial charge in [0.2, 0.25) is 21.8 Å². The van der Waals surface area contributed by atoms with E-state index in [1.807, 2.05) is 5.38 Å². The van der Waals surface area contributed by atoms with Crippen molar-refractivity contribution in [2.45, 2.75) is 31.4 Å². The number of thiazole rings is 1. The van der Waals surface area contributed by atoms with Crippen molar-refractivity contribution in [3.05, 3.63) is 35.3 Å². The Hall–Kier alpha value is -2.44. The second-order valence-electron chi connectivity index (χ2n) is 7.45. The number of hydrogen-bond donors (Lipinski definition) is 2. The van der Waals surface area contributed by atoms with Crippen LogP contribution in [-0.2, 0) is 20.2 Å². The van der Waals surface area contributed by atoms with Crippen LogP contribution in [0.2, 0.25) is 0 Å². The van der Waals surface area contributed by atoms with Crippen LogP contribution < -0.4 is 10.0 Å². The molecule has 0 unspecified atom stereocenters. The van der Waals surface area contributed by atoms with Gasteiger partial charge in [0.05, 0.1) is 17.7 Å². The molecule has 2 N–H and O–H groups in total. The van der Waals surface area contributed by atoms with Crippen LogP contribution in [0.15, 0.2) is 39.3 Å². The van der Waals surface area contributed by atoms with Gasteiger partial charge in [-0.15, -0.1) is 21.5 Å². The number of thioether (sulfide) groups is 1. The highest BCUT2D eigenvalue weighted by Gasteiger charge is 2.18. The summed E-state index contributed by atoms with van der Waals surface area (Å²) < 4.78 is 30.5. The summed E-state index contributed by atoms with van der Waals surface area (Å²) in [6.07, 6.45) is 1.08. The zero-order valence-electron chi connectivity index (χ0n) is 16.8. The van der Waals surface area contributed by atoms with Crippen LogP contribution in [0.4, 0.5) is 10.8 Å². The van der Waals surface area contributed by atoms with Crippen LogP contribution in [0.5, 0.6) is 0 Å². The topological polar surface area (TPSA) is 127 Å². The molecule has 0 bridgehead atoms. The van der Waals surface area contributed by atoms with Crippen LogP contribution in [0.25, 0.3) is 11.5 Å². The summed E-state index contributed by atoms with van der Waals surface area (Å²) in [4.78, 5) is 16.6. The second kappa shape index (κ2) is 8.74. The Morgan fingerprint density at radius 3 is 2.50 bits per heavy atom. The fraction of sp³-hybridized carbons (Fsp3) is 0.333. The number of sulfonamides is 1. The average molecular weight is 468 g/mol. The molecule has 2 heterocycles. The first-order valence-electron chi connectivity index (χ1n) is 8.80. The molecule has 2 aromatic heterocycles. The highest BCUT2D eigenvalue weighted by atomic mass is 32.2. The fourth-order valence-corrected chi connectivity index (χ4v) is 4.32. The number of anilines is 2. The van der Waals surface area contributed by atoms with Crippen molar-refractivity contribution in [3.8, 4) is 11.5 Å². The summed E-state index contributed by atoms with van der Waals surface area (Å²) in [5.74, 6) is 0.160. The lowest BCUT2D eigenvalue weighted by atomic mass is 9.93. The molecule has 0 fully saturated rings. The maximum Gasteiger partial charge on any atom is 0.277 e. The minimum absolute atomic E-state index is 0.0759. The van der Waals surface area contributed by atoms with E-state index in [0.717, 1.165) is 23.7 Å². The van der Waals surface area contributed by atoms with E-state index in [2.05, 4.69) is 46.0 Å². The SMILES string of the molecule is CC(C)(C)c1csc(NC(=O)CSc2nnc(-c3ccc(NS(C)(=O)=O)cc3)o2)n1.